The summed E-state index contributed by atoms with van der Waals surface area (Å²) in [4.78, 5) is 24.0. The fourth-order valence-electron chi connectivity index (χ4n) is 3.67. The van der Waals surface area contributed by atoms with Gasteiger partial charge in [-0.25, -0.2) is 4.98 Å². The monoisotopic (exact) mass is 403 g/mol. The van der Waals surface area contributed by atoms with Gasteiger partial charge in [0.15, 0.2) is 0 Å². The first-order chi connectivity index (χ1) is 11.6. The molecule has 3 heterocycles. The van der Waals surface area contributed by atoms with Gasteiger partial charge in [0, 0.05) is 57.1 Å². The number of carbonyl (C=O) groups is 1. The summed E-state index contributed by atoms with van der Waals surface area (Å²) in [7, 11) is 2.13. The van der Waals surface area contributed by atoms with E-state index >= 15 is 0 Å². The molecule has 0 aliphatic carbocycles. The summed E-state index contributed by atoms with van der Waals surface area (Å²) in [5.41, 5.74) is 6.64. The topological polar surface area (TPSA) is 65.7 Å². The highest BCUT2D eigenvalue weighted by Gasteiger charge is 2.30. The molecule has 0 saturated carbocycles. The normalized spacial score (nSPS) is 23.8. The highest BCUT2D eigenvalue weighted by molar-refractivity contribution is 5.95. The molecule has 0 aromatic carbocycles. The van der Waals surface area contributed by atoms with E-state index in [1.807, 2.05) is 17.0 Å². The third kappa shape index (κ3) is 5.22. The van der Waals surface area contributed by atoms with E-state index in [1.54, 1.807) is 6.20 Å². The predicted molar refractivity (Wildman–Crippen MR) is 111 cm³/mol. The van der Waals surface area contributed by atoms with Crippen LogP contribution in [0.3, 0.4) is 0 Å². The number of rotatable bonds is 3. The minimum Gasteiger partial charge on any atom is -0.354 e. The SMILES string of the molecule is CC1CCN(C(=O)c2ccnc(N3CCN(C)CC3)c2)C(CN)C1.Cl.Cl. The van der Waals surface area contributed by atoms with Gasteiger partial charge < -0.3 is 20.4 Å². The molecule has 2 unspecified atom stereocenters. The minimum atomic E-state index is 0. The van der Waals surface area contributed by atoms with Gasteiger partial charge in [-0.05, 0) is 37.9 Å². The van der Waals surface area contributed by atoms with Crippen LogP contribution in [0.4, 0.5) is 5.82 Å². The molecule has 0 spiro atoms. The maximum absolute atomic E-state index is 13.0. The van der Waals surface area contributed by atoms with Gasteiger partial charge >= 0.3 is 0 Å². The number of halogens is 2. The summed E-state index contributed by atoms with van der Waals surface area (Å²) < 4.78 is 0. The third-order valence-electron chi connectivity index (χ3n) is 5.33. The van der Waals surface area contributed by atoms with Crippen LogP contribution in [0.1, 0.15) is 30.1 Å². The van der Waals surface area contributed by atoms with Crippen molar-refractivity contribution in [2.45, 2.75) is 25.8 Å². The molecule has 2 N–H and O–H groups in total. The van der Waals surface area contributed by atoms with Gasteiger partial charge in [0.2, 0.25) is 0 Å². The highest BCUT2D eigenvalue weighted by Crippen LogP contribution is 2.24. The lowest BCUT2D eigenvalue weighted by Gasteiger charge is -2.38. The zero-order chi connectivity index (χ0) is 17.1. The maximum Gasteiger partial charge on any atom is 0.254 e. The Labute approximate surface area is 168 Å². The predicted octanol–water partition coefficient (Wildman–Crippen LogP) is 1.88. The second-order valence-electron chi connectivity index (χ2n) is 7.21. The third-order valence-corrected chi connectivity index (χ3v) is 5.33. The van der Waals surface area contributed by atoms with E-state index in [4.69, 9.17) is 5.73 Å². The Morgan fingerprint density at radius 1 is 1.23 bits per heavy atom. The van der Waals surface area contributed by atoms with Crippen molar-refractivity contribution in [1.29, 1.82) is 0 Å². The maximum atomic E-state index is 13.0. The quantitative estimate of drug-likeness (QED) is 0.834. The second kappa shape index (κ2) is 10.3. The average molecular weight is 404 g/mol. The van der Waals surface area contributed by atoms with E-state index < -0.39 is 0 Å². The Bertz CT molecular complexity index is 580. The first kappa shape index (κ1) is 23.0. The number of likely N-dealkylation sites (N-methyl/N-ethyl adjacent to an activating group) is 1. The van der Waals surface area contributed by atoms with Crippen molar-refractivity contribution >= 4 is 36.5 Å². The molecule has 2 saturated heterocycles. The second-order valence-corrected chi connectivity index (χ2v) is 7.21. The van der Waals surface area contributed by atoms with E-state index in [9.17, 15) is 4.79 Å². The van der Waals surface area contributed by atoms with Gasteiger partial charge in [0.25, 0.3) is 5.91 Å². The van der Waals surface area contributed by atoms with Gasteiger partial charge in [0.1, 0.15) is 5.82 Å². The molecule has 148 valence electrons. The molecule has 6 nitrogen and oxygen atoms in total. The summed E-state index contributed by atoms with van der Waals surface area (Å²) in [6.07, 6.45) is 3.81. The van der Waals surface area contributed by atoms with Crippen LogP contribution in [0, 0.1) is 5.92 Å². The zero-order valence-corrected chi connectivity index (χ0v) is 17.3. The first-order valence-corrected chi connectivity index (χ1v) is 8.99. The number of pyridine rings is 1. The smallest absolute Gasteiger partial charge is 0.254 e. The molecular weight excluding hydrogens is 373 g/mol. The first-order valence-electron chi connectivity index (χ1n) is 8.99. The number of likely N-dealkylation sites (tertiary alicyclic amines) is 1. The highest BCUT2D eigenvalue weighted by atomic mass is 35.5. The number of anilines is 1. The van der Waals surface area contributed by atoms with E-state index in [0.717, 1.165) is 56.9 Å². The Morgan fingerprint density at radius 3 is 2.58 bits per heavy atom. The summed E-state index contributed by atoms with van der Waals surface area (Å²) in [5, 5.41) is 0. The fraction of sp³-hybridized carbons (Fsp3) is 0.667. The number of amides is 1. The standard InChI is InChI=1S/C18H29N5O.2ClH/c1-14-4-6-23(16(11-14)13-19)18(24)15-3-5-20-17(12-15)22-9-7-21(2)8-10-22;;/h3,5,12,14,16H,4,6-11,13,19H2,1-2H3;2*1H. The van der Waals surface area contributed by atoms with E-state index in [1.165, 1.54) is 0 Å². The van der Waals surface area contributed by atoms with Crippen molar-refractivity contribution in [3.05, 3.63) is 23.9 Å². The summed E-state index contributed by atoms with van der Waals surface area (Å²) in [6.45, 7) is 7.53. The molecule has 0 bridgehead atoms. The van der Waals surface area contributed by atoms with Crippen LogP contribution < -0.4 is 10.6 Å². The van der Waals surface area contributed by atoms with Crippen LogP contribution in [-0.2, 0) is 0 Å². The number of hydrogen-bond donors (Lipinski definition) is 1. The summed E-state index contributed by atoms with van der Waals surface area (Å²) in [5.74, 6) is 1.64. The molecule has 26 heavy (non-hydrogen) atoms. The Kier molecular flexibility index (Phi) is 9.10. The van der Waals surface area contributed by atoms with Gasteiger partial charge in [-0.2, -0.15) is 0 Å². The molecule has 2 aliphatic heterocycles. The molecular formula is C18H31Cl2N5O. The van der Waals surface area contributed by atoms with Crippen molar-refractivity contribution in [3.63, 3.8) is 0 Å². The molecule has 1 aromatic heterocycles. The largest absolute Gasteiger partial charge is 0.354 e. The minimum absolute atomic E-state index is 0. The summed E-state index contributed by atoms with van der Waals surface area (Å²) in [6, 6.07) is 3.92. The average Bonchev–Trinajstić information content (AvgIpc) is 2.61. The Balaban J connectivity index is 0.00000169. The molecule has 2 aliphatic rings. The lowest BCUT2D eigenvalue weighted by atomic mass is 9.92. The van der Waals surface area contributed by atoms with Gasteiger partial charge in [-0.3, -0.25) is 4.79 Å². The van der Waals surface area contributed by atoms with Crippen LogP contribution in [0.15, 0.2) is 18.3 Å². The molecule has 1 amide bonds. The number of piperazine rings is 1. The van der Waals surface area contributed by atoms with E-state index in [-0.39, 0.29) is 36.8 Å². The van der Waals surface area contributed by atoms with Crippen LogP contribution >= 0.6 is 24.8 Å². The number of nitrogens with zero attached hydrogens (tertiary/aromatic N) is 4. The molecule has 2 atom stereocenters. The molecule has 3 rings (SSSR count). The number of hydrogen-bond acceptors (Lipinski definition) is 5. The number of aromatic nitrogens is 1. The number of carbonyl (C=O) groups excluding carboxylic acids is 1. The van der Waals surface area contributed by atoms with Gasteiger partial charge in [0.05, 0.1) is 0 Å². The number of piperidine rings is 1. The van der Waals surface area contributed by atoms with Crippen LogP contribution in [0.25, 0.3) is 0 Å². The van der Waals surface area contributed by atoms with Gasteiger partial charge in [-0.1, -0.05) is 6.92 Å². The Morgan fingerprint density at radius 2 is 1.92 bits per heavy atom. The fourth-order valence-corrected chi connectivity index (χ4v) is 3.67. The molecule has 0 radical (unpaired) electrons. The molecule has 1 aromatic rings. The van der Waals surface area contributed by atoms with E-state index in [2.05, 4.69) is 28.8 Å². The van der Waals surface area contributed by atoms with Crippen molar-refractivity contribution in [2.75, 3.05) is 51.2 Å². The Hall–Kier alpha value is -1.08. The van der Waals surface area contributed by atoms with Crippen molar-refractivity contribution in [3.8, 4) is 0 Å². The molecule has 8 heteroatoms. The molecule has 2 fully saturated rings. The van der Waals surface area contributed by atoms with Crippen LogP contribution in [-0.4, -0.2) is 73.0 Å². The van der Waals surface area contributed by atoms with Crippen LogP contribution in [0.2, 0.25) is 0 Å². The van der Waals surface area contributed by atoms with Gasteiger partial charge in [-0.15, -0.1) is 24.8 Å². The zero-order valence-electron chi connectivity index (χ0n) is 15.6. The number of nitrogens with two attached hydrogens (primary N) is 1. The lowest BCUT2D eigenvalue weighted by Crippen LogP contribution is -2.49. The van der Waals surface area contributed by atoms with Crippen molar-refractivity contribution in [2.24, 2.45) is 11.7 Å². The lowest BCUT2D eigenvalue weighted by molar-refractivity contribution is 0.0573. The van der Waals surface area contributed by atoms with Crippen LogP contribution in [0.5, 0.6) is 0 Å². The van der Waals surface area contributed by atoms with E-state index in [0.29, 0.717) is 12.5 Å². The van der Waals surface area contributed by atoms with Crippen molar-refractivity contribution in [1.82, 2.24) is 14.8 Å². The summed E-state index contributed by atoms with van der Waals surface area (Å²) >= 11 is 0. The van der Waals surface area contributed by atoms with Crippen molar-refractivity contribution < 1.29 is 4.79 Å².